The van der Waals surface area contributed by atoms with Crippen molar-refractivity contribution in [2.24, 2.45) is 0 Å². The van der Waals surface area contributed by atoms with Crippen LogP contribution in [0.1, 0.15) is 6.42 Å². The second-order valence-corrected chi connectivity index (χ2v) is 2.51. The van der Waals surface area contributed by atoms with E-state index in [2.05, 4.69) is 0 Å². The van der Waals surface area contributed by atoms with Crippen molar-refractivity contribution in [2.75, 3.05) is 6.61 Å². The maximum Gasteiger partial charge on any atom is 0.273 e. The molecule has 0 saturated heterocycles. The molecule has 5 nitrogen and oxygen atoms in total. The highest BCUT2D eigenvalue weighted by atomic mass is 16.6. The van der Waals surface area contributed by atoms with Crippen molar-refractivity contribution in [1.82, 2.24) is 0 Å². The van der Waals surface area contributed by atoms with E-state index < -0.39 is 4.92 Å². The third kappa shape index (κ3) is 2.75. The highest BCUT2D eigenvalue weighted by Crippen LogP contribution is 2.18. The SMILES string of the molecule is N#CCCOc1cccc([N+](=O)[O-])c1. The normalized spacial score (nSPS) is 9.07. The Morgan fingerprint density at radius 1 is 1.57 bits per heavy atom. The molecule has 1 aromatic carbocycles. The van der Waals surface area contributed by atoms with Gasteiger partial charge in [0.25, 0.3) is 5.69 Å². The molecule has 72 valence electrons. The second kappa shape index (κ2) is 4.82. The van der Waals surface area contributed by atoms with Gasteiger partial charge in [0.2, 0.25) is 0 Å². The number of hydrogen-bond donors (Lipinski definition) is 0. The molecule has 0 heterocycles. The summed E-state index contributed by atoms with van der Waals surface area (Å²) in [5.74, 6) is 0.412. The van der Waals surface area contributed by atoms with Gasteiger partial charge in [0, 0.05) is 6.07 Å². The predicted molar refractivity (Wildman–Crippen MR) is 48.8 cm³/mol. The third-order valence-corrected chi connectivity index (χ3v) is 1.51. The number of non-ortho nitro benzene ring substituents is 1. The van der Waals surface area contributed by atoms with Crippen molar-refractivity contribution in [1.29, 1.82) is 5.26 Å². The van der Waals surface area contributed by atoms with Crippen LogP contribution in [0.3, 0.4) is 0 Å². The number of rotatable bonds is 4. The lowest BCUT2D eigenvalue weighted by molar-refractivity contribution is -0.384. The van der Waals surface area contributed by atoms with Gasteiger partial charge >= 0.3 is 0 Å². The summed E-state index contributed by atoms with van der Waals surface area (Å²) in [6.45, 7) is 0.248. The van der Waals surface area contributed by atoms with Gasteiger partial charge in [-0.3, -0.25) is 10.1 Å². The molecule has 0 spiro atoms. The maximum absolute atomic E-state index is 10.4. The summed E-state index contributed by atoms with van der Waals surface area (Å²) in [5.41, 5.74) is -0.0144. The molecule has 0 N–H and O–H groups in total. The molecular formula is C9H8N2O3. The van der Waals surface area contributed by atoms with Crippen LogP contribution in [-0.4, -0.2) is 11.5 Å². The van der Waals surface area contributed by atoms with Crippen LogP contribution < -0.4 is 4.74 Å². The number of nitro groups is 1. The van der Waals surface area contributed by atoms with Gasteiger partial charge in [-0.15, -0.1) is 0 Å². The third-order valence-electron chi connectivity index (χ3n) is 1.51. The minimum absolute atomic E-state index is 0.0144. The molecule has 0 saturated carbocycles. The molecule has 0 radical (unpaired) electrons. The van der Waals surface area contributed by atoms with E-state index in [1.165, 1.54) is 12.1 Å². The molecule has 0 amide bonds. The minimum atomic E-state index is -0.489. The first-order valence-corrected chi connectivity index (χ1v) is 3.98. The smallest absolute Gasteiger partial charge is 0.273 e. The van der Waals surface area contributed by atoms with Crippen LogP contribution in [-0.2, 0) is 0 Å². The Bertz CT molecular complexity index is 371. The zero-order valence-electron chi connectivity index (χ0n) is 7.34. The summed E-state index contributed by atoms with van der Waals surface area (Å²) >= 11 is 0. The van der Waals surface area contributed by atoms with Crippen molar-refractivity contribution in [3.8, 4) is 11.8 Å². The lowest BCUT2D eigenvalue weighted by Gasteiger charge is -2.02. The van der Waals surface area contributed by atoms with Gasteiger partial charge < -0.3 is 4.74 Å². The fourth-order valence-corrected chi connectivity index (χ4v) is 0.901. The van der Waals surface area contributed by atoms with Crippen LogP contribution in [0.4, 0.5) is 5.69 Å². The largest absolute Gasteiger partial charge is 0.492 e. The van der Waals surface area contributed by atoms with E-state index in [0.29, 0.717) is 5.75 Å². The summed E-state index contributed by atoms with van der Waals surface area (Å²) < 4.78 is 5.11. The molecule has 0 aromatic heterocycles. The van der Waals surface area contributed by atoms with Crippen molar-refractivity contribution in [3.05, 3.63) is 34.4 Å². The molecule has 0 fully saturated rings. The monoisotopic (exact) mass is 192 g/mol. The maximum atomic E-state index is 10.4. The fourth-order valence-electron chi connectivity index (χ4n) is 0.901. The first-order chi connectivity index (χ1) is 6.74. The number of nitriles is 1. The Hall–Kier alpha value is -2.09. The van der Waals surface area contributed by atoms with Gasteiger partial charge in [-0.2, -0.15) is 5.26 Å². The standard InChI is InChI=1S/C9H8N2O3/c10-5-2-6-14-9-4-1-3-8(7-9)11(12)13/h1,3-4,7H,2,6H2. The van der Waals surface area contributed by atoms with E-state index in [1.54, 1.807) is 12.1 Å². The van der Waals surface area contributed by atoms with E-state index in [0.717, 1.165) is 0 Å². The van der Waals surface area contributed by atoms with Gasteiger partial charge in [-0.25, -0.2) is 0 Å². The molecule has 0 aliphatic carbocycles. The van der Waals surface area contributed by atoms with Crippen LogP contribution in [0.25, 0.3) is 0 Å². The molecule has 1 rings (SSSR count). The Labute approximate surface area is 80.7 Å². The Morgan fingerprint density at radius 3 is 3.00 bits per heavy atom. The summed E-state index contributed by atoms with van der Waals surface area (Å²) in [6.07, 6.45) is 0.267. The predicted octanol–water partition coefficient (Wildman–Crippen LogP) is 1.89. The van der Waals surface area contributed by atoms with Crippen LogP contribution in [0, 0.1) is 21.4 Å². The first-order valence-electron chi connectivity index (χ1n) is 3.98. The van der Waals surface area contributed by atoms with Crippen molar-refractivity contribution in [2.45, 2.75) is 6.42 Å². The fraction of sp³-hybridized carbons (Fsp3) is 0.222. The van der Waals surface area contributed by atoms with E-state index in [4.69, 9.17) is 10.00 Å². The lowest BCUT2D eigenvalue weighted by atomic mass is 10.3. The number of nitrogens with zero attached hydrogens (tertiary/aromatic N) is 2. The molecule has 0 aliphatic rings. The molecule has 0 unspecified atom stereocenters. The van der Waals surface area contributed by atoms with Gasteiger partial charge in [-0.1, -0.05) is 6.07 Å². The summed E-state index contributed by atoms with van der Waals surface area (Å²) in [7, 11) is 0. The topological polar surface area (TPSA) is 76.2 Å². The van der Waals surface area contributed by atoms with Crippen molar-refractivity contribution >= 4 is 5.69 Å². The van der Waals surface area contributed by atoms with Gasteiger partial charge in [0.1, 0.15) is 12.4 Å². The minimum Gasteiger partial charge on any atom is -0.492 e. The Kier molecular flexibility index (Phi) is 3.44. The highest BCUT2D eigenvalue weighted by molar-refractivity contribution is 5.37. The Morgan fingerprint density at radius 2 is 2.36 bits per heavy atom. The number of hydrogen-bond acceptors (Lipinski definition) is 4. The van der Waals surface area contributed by atoms with Crippen molar-refractivity contribution in [3.63, 3.8) is 0 Å². The van der Waals surface area contributed by atoms with Crippen molar-refractivity contribution < 1.29 is 9.66 Å². The number of benzene rings is 1. The zero-order valence-corrected chi connectivity index (χ0v) is 7.34. The highest BCUT2D eigenvalue weighted by Gasteiger charge is 2.05. The number of nitro benzene ring substituents is 1. The second-order valence-electron chi connectivity index (χ2n) is 2.51. The molecular weight excluding hydrogens is 184 g/mol. The molecule has 14 heavy (non-hydrogen) atoms. The molecule has 1 aromatic rings. The average molecular weight is 192 g/mol. The van der Waals surface area contributed by atoms with E-state index in [9.17, 15) is 10.1 Å². The van der Waals surface area contributed by atoms with Crippen LogP contribution in [0.15, 0.2) is 24.3 Å². The molecule has 0 aliphatic heterocycles. The van der Waals surface area contributed by atoms with E-state index >= 15 is 0 Å². The lowest BCUT2D eigenvalue weighted by Crippen LogP contribution is -1.96. The molecule has 0 atom stereocenters. The van der Waals surface area contributed by atoms with Gasteiger partial charge in [0.15, 0.2) is 0 Å². The summed E-state index contributed by atoms with van der Waals surface area (Å²) in [5, 5.41) is 18.6. The number of ether oxygens (including phenoxy) is 1. The quantitative estimate of drug-likeness (QED) is 0.414. The zero-order chi connectivity index (χ0) is 10.4. The van der Waals surface area contributed by atoms with Gasteiger partial charge in [0.05, 0.1) is 23.5 Å². The molecule has 5 heteroatoms. The van der Waals surface area contributed by atoms with Gasteiger partial charge in [-0.05, 0) is 6.07 Å². The molecule has 0 bridgehead atoms. The summed E-state index contributed by atoms with van der Waals surface area (Å²) in [4.78, 5) is 9.89. The van der Waals surface area contributed by atoms with Crippen LogP contribution in [0.2, 0.25) is 0 Å². The van der Waals surface area contributed by atoms with Crippen LogP contribution in [0.5, 0.6) is 5.75 Å². The van der Waals surface area contributed by atoms with Crippen LogP contribution >= 0.6 is 0 Å². The first kappa shape index (κ1) is 9.99. The Balaban J connectivity index is 2.65. The van der Waals surface area contributed by atoms with E-state index in [1.807, 2.05) is 6.07 Å². The van der Waals surface area contributed by atoms with E-state index in [-0.39, 0.29) is 18.7 Å². The average Bonchev–Trinajstić information content (AvgIpc) is 2.19. The summed E-state index contributed by atoms with van der Waals surface area (Å²) in [6, 6.07) is 7.79.